The van der Waals surface area contributed by atoms with Crippen molar-refractivity contribution < 1.29 is 43.3 Å². The number of amides is 1. The maximum absolute atomic E-state index is 12.5. The second-order valence-corrected chi connectivity index (χ2v) is 5.78. The number of carboxylic acids is 1. The van der Waals surface area contributed by atoms with Crippen LogP contribution in [0, 0.1) is 5.92 Å². The number of hydrogen-bond donors (Lipinski definition) is 2. The molecule has 10 heteroatoms. The third kappa shape index (κ3) is 7.60. The highest BCUT2D eigenvalue weighted by Crippen LogP contribution is 2.17. The van der Waals surface area contributed by atoms with Crippen LogP contribution in [0.5, 0.6) is 5.75 Å². The second kappa shape index (κ2) is 11.4. The Hall–Kier alpha value is -3.43. The highest BCUT2D eigenvalue weighted by molar-refractivity contribution is 5.98. The van der Waals surface area contributed by atoms with Crippen LogP contribution in [0.4, 0.5) is 0 Å². The van der Waals surface area contributed by atoms with Gasteiger partial charge in [-0.25, -0.2) is 4.79 Å². The maximum atomic E-state index is 12.5. The average Bonchev–Trinajstić information content (AvgIpc) is 2.64. The molecule has 0 aliphatic carbocycles. The summed E-state index contributed by atoms with van der Waals surface area (Å²) in [4.78, 5) is 59.3. The number of aliphatic carboxylic acids is 1. The van der Waals surface area contributed by atoms with Gasteiger partial charge in [0.1, 0.15) is 11.8 Å². The van der Waals surface area contributed by atoms with E-state index in [1.165, 1.54) is 38.1 Å². The van der Waals surface area contributed by atoms with E-state index in [2.05, 4.69) is 5.32 Å². The molecule has 29 heavy (non-hydrogen) atoms. The second-order valence-electron chi connectivity index (χ2n) is 5.78. The first kappa shape index (κ1) is 23.6. The van der Waals surface area contributed by atoms with E-state index in [1.54, 1.807) is 6.92 Å². The molecule has 0 aliphatic rings. The van der Waals surface area contributed by atoms with Crippen LogP contribution < -0.4 is 10.1 Å². The number of hydrogen-bond acceptors (Lipinski definition) is 8. The fraction of sp³-hybridized carbons (Fsp3) is 0.421. The molecule has 10 nitrogen and oxygen atoms in total. The Morgan fingerprint density at radius 1 is 1.07 bits per heavy atom. The van der Waals surface area contributed by atoms with Crippen molar-refractivity contribution in [3.8, 4) is 5.75 Å². The van der Waals surface area contributed by atoms with Gasteiger partial charge in [0.2, 0.25) is 0 Å². The quantitative estimate of drug-likeness (QED) is 0.425. The molecule has 2 N–H and O–H groups in total. The van der Waals surface area contributed by atoms with Crippen LogP contribution in [0.2, 0.25) is 0 Å². The predicted octanol–water partition coefficient (Wildman–Crippen LogP) is 0.927. The van der Waals surface area contributed by atoms with Crippen LogP contribution in [0.1, 0.15) is 37.6 Å². The largest absolute Gasteiger partial charge is 0.480 e. The summed E-state index contributed by atoms with van der Waals surface area (Å²) in [5, 5.41) is 11.7. The summed E-state index contributed by atoms with van der Waals surface area (Å²) in [5.41, 5.74) is -0.00579. The van der Waals surface area contributed by atoms with E-state index in [1.807, 2.05) is 0 Å². The minimum atomic E-state index is -1.75. The standard InChI is InChI=1S/C19H23NO9/c1-4-27-15(22)10-14(19(26)28-5-2)16(18(24)25)20-17(23)12-7-6-8-13(9-12)29-11(3)21/h6-9,14,16H,4-5,10H2,1-3H3,(H,20,23)(H,24,25)/t14-,16+/m1/s1. The molecule has 0 heterocycles. The Kier molecular flexibility index (Phi) is 9.30. The van der Waals surface area contributed by atoms with Crippen molar-refractivity contribution in [3.63, 3.8) is 0 Å². The molecule has 1 aromatic rings. The van der Waals surface area contributed by atoms with Crippen LogP contribution in [0.15, 0.2) is 24.3 Å². The highest BCUT2D eigenvalue weighted by atomic mass is 16.5. The van der Waals surface area contributed by atoms with Crippen molar-refractivity contribution in [1.29, 1.82) is 0 Å². The van der Waals surface area contributed by atoms with Crippen molar-refractivity contribution in [1.82, 2.24) is 5.32 Å². The monoisotopic (exact) mass is 409 g/mol. The zero-order valence-corrected chi connectivity index (χ0v) is 16.3. The third-order valence-electron chi connectivity index (χ3n) is 3.59. The lowest BCUT2D eigenvalue weighted by atomic mass is 9.95. The summed E-state index contributed by atoms with van der Waals surface area (Å²) in [7, 11) is 0. The van der Waals surface area contributed by atoms with E-state index in [-0.39, 0.29) is 24.5 Å². The van der Waals surface area contributed by atoms with E-state index in [0.29, 0.717) is 0 Å². The summed E-state index contributed by atoms with van der Waals surface area (Å²) in [6.07, 6.45) is -0.586. The molecule has 1 rings (SSSR count). The minimum Gasteiger partial charge on any atom is -0.480 e. The van der Waals surface area contributed by atoms with Crippen LogP contribution in [-0.4, -0.2) is 54.1 Å². The van der Waals surface area contributed by atoms with E-state index in [9.17, 15) is 29.1 Å². The Balaban J connectivity index is 3.09. The fourth-order valence-corrected chi connectivity index (χ4v) is 2.41. The molecule has 158 valence electrons. The number of esters is 3. The van der Waals surface area contributed by atoms with Gasteiger partial charge in [-0.1, -0.05) is 6.07 Å². The van der Waals surface area contributed by atoms with Gasteiger partial charge in [0.25, 0.3) is 5.91 Å². The van der Waals surface area contributed by atoms with Crippen molar-refractivity contribution in [3.05, 3.63) is 29.8 Å². The van der Waals surface area contributed by atoms with Gasteiger partial charge in [0, 0.05) is 12.5 Å². The topological polar surface area (TPSA) is 145 Å². The summed E-state index contributed by atoms with van der Waals surface area (Å²) in [6.45, 7) is 4.27. The Morgan fingerprint density at radius 3 is 2.28 bits per heavy atom. The van der Waals surface area contributed by atoms with Gasteiger partial charge in [-0.2, -0.15) is 0 Å². The molecule has 0 bridgehead atoms. The average molecular weight is 409 g/mol. The van der Waals surface area contributed by atoms with Gasteiger partial charge in [-0.15, -0.1) is 0 Å². The molecular weight excluding hydrogens is 386 g/mol. The molecule has 0 radical (unpaired) electrons. The number of rotatable bonds is 10. The molecule has 0 saturated carbocycles. The Morgan fingerprint density at radius 2 is 1.72 bits per heavy atom. The van der Waals surface area contributed by atoms with Gasteiger partial charge in [0.15, 0.2) is 0 Å². The molecule has 0 spiro atoms. The van der Waals surface area contributed by atoms with Crippen molar-refractivity contribution >= 4 is 29.8 Å². The van der Waals surface area contributed by atoms with Crippen molar-refractivity contribution in [2.75, 3.05) is 13.2 Å². The number of ether oxygens (including phenoxy) is 3. The first-order valence-electron chi connectivity index (χ1n) is 8.83. The molecule has 0 unspecified atom stereocenters. The SMILES string of the molecule is CCOC(=O)C[C@@H](C(=O)OCC)[C@H](NC(=O)c1cccc(OC(C)=O)c1)C(=O)O. The molecule has 0 fully saturated rings. The molecule has 0 saturated heterocycles. The molecule has 2 atom stereocenters. The number of carboxylic acid groups (broad SMARTS) is 1. The maximum Gasteiger partial charge on any atom is 0.327 e. The molecule has 1 aromatic carbocycles. The summed E-state index contributed by atoms with van der Waals surface area (Å²) in [5.74, 6) is -6.13. The minimum absolute atomic E-state index is 0.00579. The lowest BCUT2D eigenvalue weighted by Gasteiger charge is -2.23. The Labute approximate surface area is 167 Å². The lowest BCUT2D eigenvalue weighted by molar-refractivity contribution is -0.159. The third-order valence-corrected chi connectivity index (χ3v) is 3.59. The van der Waals surface area contributed by atoms with E-state index in [0.717, 1.165) is 0 Å². The molecular formula is C19H23NO9. The Bertz CT molecular complexity index is 775. The van der Waals surface area contributed by atoms with Crippen LogP contribution in [-0.2, 0) is 28.7 Å². The van der Waals surface area contributed by atoms with E-state index < -0.39 is 48.2 Å². The summed E-state index contributed by atoms with van der Waals surface area (Å²) < 4.78 is 14.5. The van der Waals surface area contributed by atoms with Crippen LogP contribution in [0.25, 0.3) is 0 Å². The van der Waals surface area contributed by atoms with Crippen molar-refractivity contribution in [2.45, 2.75) is 33.2 Å². The molecule has 0 aromatic heterocycles. The first-order chi connectivity index (χ1) is 13.7. The van der Waals surface area contributed by atoms with Gasteiger partial charge < -0.3 is 24.6 Å². The van der Waals surface area contributed by atoms with Gasteiger partial charge in [-0.05, 0) is 32.0 Å². The van der Waals surface area contributed by atoms with Crippen LogP contribution >= 0.6 is 0 Å². The van der Waals surface area contributed by atoms with Crippen LogP contribution in [0.3, 0.4) is 0 Å². The highest BCUT2D eigenvalue weighted by Gasteiger charge is 2.38. The zero-order chi connectivity index (χ0) is 22.0. The molecule has 1 amide bonds. The van der Waals surface area contributed by atoms with Gasteiger partial charge in [0.05, 0.1) is 25.6 Å². The number of carbonyl (C=O) groups is 5. The van der Waals surface area contributed by atoms with Crippen molar-refractivity contribution in [2.24, 2.45) is 5.92 Å². The molecule has 0 aliphatic heterocycles. The fourth-order valence-electron chi connectivity index (χ4n) is 2.41. The summed E-state index contributed by atoms with van der Waals surface area (Å²) in [6, 6.07) is 3.73. The van der Waals surface area contributed by atoms with Gasteiger partial charge in [-0.3, -0.25) is 19.2 Å². The number of carbonyl (C=O) groups excluding carboxylic acids is 4. The predicted molar refractivity (Wildman–Crippen MR) is 98.0 cm³/mol. The summed E-state index contributed by atoms with van der Waals surface area (Å²) >= 11 is 0. The normalized spacial score (nSPS) is 12.2. The van der Waals surface area contributed by atoms with Gasteiger partial charge >= 0.3 is 23.9 Å². The first-order valence-corrected chi connectivity index (χ1v) is 8.83. The smallest absolute Gasteiger partial charge is 0.327 e. The van der Waals surface area contributed by atoms with E-state index >= 15 is 0 Å². The number of benzene rings is 1. The zero-order valence-electron chi connectivity index (χ0n) is 16.3. The number of nitrogens with one attached hydrogen (secondary N) is 1. The lowest BCUT2D eigenvalue weighted by Crippen LogP contribution is -2.49. The van der Waals surface area contributed by atoms with E-state index in [4.69, 9.17) is 14.2 Å².